The van der Waals surface area contributed by atoms with Gasteiger partial charge in [0.05, 0.1) is 11.7 Å². The van der Waals surface area contributed by atoms with E-state index in [0.717, 1.165) is 16.5 Å². The van der Waals surface area contributed by atoms with E-state index < -0.39 is 0 Å². The molecule has 0 amide bonds. The molecule has 0 fully saturated rings. The second-order valence-corrected chi connectivity index (χ2v) is 3.60. The van der Waals surface area contributed by atoms with Gasteiger partial charge in [-0.15, -0.1) is 0 Å². The monoisotopic (exact) mass is 230 g/mol. The van der Waals surface area contributed by atoms with E-state index in [1.165, 1.54) is 0 Å². The Morgan fingerprint density at radius 1 is 1.38 bits per heavy atom. The normalized spacial score (nSPS) is 10.8. The van der Waals surface area contributed by atoms with Crippen LogP contribution in [0.25, 0.3) is 10.9 Å². The Morgan fingerprint density at radius 3 is 3.00 bits per heavy atom. The Hall–Kier alpha value is -2.01. The highest BCUT2D eigenvalue weighted by atomic mass is 32.1. The number of rotatable bonds is 2. The molecule has 4 nitrogen and oxygen atoms in total. The molecule has 3 N–H and O–H groups in total. The van der Waals surface area contributed by atoms with Gasteiger partial charge in [-0.05, 0) is 18.3 Å². The summed E-state index contributed by atoms with van der Waals surface area (Å²) >= 11 is 4.64. The first-order valence-corrected chi connectivity index (χ1v) is 5.10. The number of nitrogens with zero attached hydrogens (tertiary/aromatic N) is 2. The van der Waals surface area contributed by atoms with Crippen LogP contribution in [0.15, 0.2) is 41.6 Å². The van der Waals surface area contributed by atoms with Crippen molar-refractivity contribution in [3.63, 3.8) is 0 Å². The van der Waals surface area contributed by atoms with E-state index in [9.17, 15) is 0 Å². The quantitative estimate of drug-likeness (QED) is 0.465. The molecule has 0 aliphatic heterocycles. The fourth-order valence-corrected chi connectivity index (χ4v) is 1.45. The molecule has 1 heterocycles. The van der Waals surface area contributed by atoms with Gasteiger partial charge in [-0.25, -0.2) is 0 Å². The molecule has 0 spiro atoms. The molecular weight excluding hydrogens is 220 g/mol. The highest BCUT2D eigenvalue weighted by Gasteiger charge is 1.97. The molecule has 1 aromatic carbocycles. The van der Waals surface area contributed by atoms with Crippen LogP contribution >= 0.6 is 12.2 Å². The van der Waals surface area contributed by atoms with Gasteiger partial charge in [0.25, 0.3) is 0 Å². The summed E-state index contributed by atoms with van der Waals surface area (Å²) in [6.07, 6.45) is 3.40. The fourth-order valence-electron chi connectivity index (χ4n) is 1.40. The van der Waals surface area contributed by atoms with Crippen molar-refractivity contribution in [1.82, 2.24) is 10.4 Å². The Kier molecular flexibility index (Phi) is 3.07. The van der Waals surface area contributed by atoms with Crippen molar-refractivity contribution < 1.29 is 0 Å². The number of nitrogens with one attached hydrogen (secondary N) is 1. The molecule has 0 atom stereocenters. The first kappa shape index (κ1) is 10.5. The summed E-state index contributed by atoms with van der Waals surface area (Å²) in [4.78, 5) is 4.30. The molecule has 0 aliphatic rings. The predicted octanol–water partition coefficient (Wildman–Crippen LogP) is 1.40. The smallest absolute Gasteiger partial charge is 0.184 e. The van der Waals surface area contributed by atoms with Crippen LogP contribution in [-0.4, -0.2) is 16.3 Å². The van der Waals surface area contributed by atoms with Gasteiger partial charge in [0.15, 0.2) is 5.11 Å². The van der Waals surface area contributed by atoms with Gasteiger partial charge in [0, 0.05) is 17.1 Å². The number of hydrogen-bond acceptors (Lipinski definition) is 3. The number of fused-ring (bicyclic) bond motifs is 1. The van der Waals surface area contributed by atoms with Gasteiger partial charge >= 0.3 is 0 Å². The zero-order valence-corrected chi connectivity index (χ0v) is 9.24. The van der Waals surface area contributed by atoms with Gasteiger partial charge in [-0.3, -0.25) is 10.4 Å². The van der Waals surface area contributed by atoms with Gasteiger partial charge in [-0.1, -0.05) is 24.3 Å². The van der Waals surface area contributed by atoms with Crippen LogP contribution in [-0.2, 0) is 0 Å². The van der Waals surface area contributed by atoms with Crippen molar-refractivity contribution in [1.29, 1.82) is 0 Å². The van der Waals surface area contributed by atoms with Crippen LogP contribution in [0.4, 0.5) is 0 Å². The topological polar surface area (TPSA) is 63.3 Å². The molecular formula is C11H10N4S. The minimum Gasteiger partial charge on any atom is -0.375 e. The number of aromatic nitrogens is 1. The SMILES string of the molecule is NC(=S)N/N=C\c1cccc2cccnc12. The number of hydrazone groups is 1. The van der Waals surface area contributed by atoms with E-state index >= 15 is 0 Å². The summed E-state index contributed by atoms with van der Waals surface area (Å²) in [5, 5.41) is 5.12. The number of thiocarbonyl (C=S) groups is 1. The Bertz CT molecular complexity index is 545. The first-order chi connectivity index (χ1) is 7.77. The molecule has 0 aliphatic carbocycles. The Morgan fingerprint density at radius 2 is 2.19 bits per heavy atom. The van der Waals surface area contributed by atoms with Crippen LogP contribution in [0.5, 0.6) is 0 Å². The van der Waals surface area contributed by atoms with Crippen LogP contribution in [0.1, 0.15) is 5.56 Å². The number of pyridine rings is 1. The molecule has 0 unspecified atom stereocenters. The third kappa shape index (κ3) is 2.32. The van der Waals surface area contributed by atoms with E-state index in [-0.39, 0.29) is 5.11 Å². The van der Waals surface area contributed by atoms with Crippen LogP contribution in [0, 0.1) is 0 Å². The van der Waals surface area contributed by atoms with Crippen LogP contribution < -0.4 is 11.2 Å². The predicted molar refractivity (Wildman–Crippen MR) is 69.3 cm³/mol. The standard InChI is InChI=1S/C11H10N4S/c12-11(16)15-14-7-9-4-1-3-8-5-2-6-13-10(8)9/h1-7H,(H3,12,15,16)/b14-7-. The summed E-state index contributed by atoms with van der Waals surface area (Å²) < 4.78 is 0. The van der Waals surface area contributed by atoms with Crippen molar-refractivity contribution in [2.45, 2.75) is 0 Å². The fraction of sp³-hybridized carbons (Fsp3) is 0. The largest absolute Gasteiger partial charge is 0.375 e. The molecule has 0 saturated carbocycles. The van der Waals surface area contributed by atoms with Crippen molar-refractivity contribution in [3.8, 4) is 0 Å². The van der Waals surface area contributed by atoms with Crippen molar-refractivity contribution in [2.24, 2.45) is 10.8 Å². The van der Waals surface area contributed by atoms with Gasteiger partial charge in [0.1, 0.15) is 0 Å². The minimum absolute atomic E-state index is 0.143. The highest BCUT2D eigenvalue weighted by Crippen LogP contribution is 2.13. The lowest BCUT2D eigenvalue weighted by molar-refractivity contribution is 1.04. The van der Waals surface area contributed by atoms with Gasteiger partial charge in [-0.2, -0.15) is 5.10 Å². The van der Waals surface area contributed by atoms with Crippen molar-refractivity contribution in [3.05, 3.63) is 42.1 Å². The van der Waals surface area contributed by atoms with E-state index in [2.05, 4.69) is 27.7 Å². The lowest BCUT2D eigenvalue weighted by Gasteiger charge is -2.00. The maximum Gasteiger partial charge on any atom is 0.184 e. The van der Waals surface area contributed by atoms with Crippen LogP contribution in [0.2, 0.25) is 0 Å². The molecule has 2 rings (SSSR count). The summed E-state index contributed by atoms with van der Waals surface area (Å²) in [6, 6.07) is 9.78. The maximum absolute atomic E-state index is 5.26. The summed E-state index contributed by atoms with van der Waals surface area (Å²) in [5.74, 6) is 0. The summed E-state index contributed by atoms with van der Waals surface area (Å²) in [7, 11) is 0. The zero-order chi connectivity index (χ0) is 11.4. The summed E-state index contributed by atoms with van der Waals surface area (Å²) in [5.41, 5.74) is 9.59. The average molecular weight is 230 g/mol. The molecule has 5 heteroatoms. The van der Waals surface area contributed by atoms with Gasteiger partial charge in [0.2, 0.25) is 0 Å². The van der Waals surface area contributed by atoms with E-state index in [0.29, 0.717) is 0 Å². The lowest BCUT2D eigenvalue weighted by atomic mass is 10.1. The van der Waals surface area contributed by atoms with E-state index in [1.807, 2.05) is 30.3 Å². The molecule has 0 radical (unpaired) electrons. The highest BCUT2D eigenvalue weighted by molar-refractivity contribution is 7.80. The van der Waals surface area contributed by atoms with Crippen molar-refractivity contribution in [2.75, 3.05) is 0 Å². The third-order valence-electron chi connectivity index (χ3n) is 2.04. The second kappa shape index (κ2) is 4.67. The second-order valence-electron chi connectivity index (χ2n) is 3.16. The number of benzene rings is 1. The average Bonchev–Trinajstić information content (AvgIpc) is 2.29. The van der Waals surface area contributed by atoms with E-state index in [1.54, 1.807) is 12.4 Å². The van der Waals surface area contributed by atoms with Gasteiger partial charge < -0.3 is 5.73 Å². The first-order valence-electron chi connectivity index (χ1n) is 4.69. The zero-order valence-electron chi connectivity index (χ0n) is 8.42. The third-order valence-corrected chi connectivity index (χ3v) is 2.13. The number of nitrogens with two attached hydrogens (primary N) is 1. The lowest BCUT2D eigenvalue weighted by Crippen LogP contribution is -2.24. The number of hydrogen-bond donors (Lipinski definition) is 2. The minimum atomic E-state index is 0.143. The summed E-state index contributed by atoms with van der Waals surface area (Å²) in [6.45, 7) is 0. The molecule has 80 valence electrons. The van der Waals surface area contributed by atoms with E-state index in [4.69, 9.17) is 5.73 Å². The molecule has 16 heavy (non-hydrogen) atoms. The number of para-hydroxylation sites is 1. The Balaban J connectivity index is 2.37. The van der Waals surface area contributed by atoms with Crippen LogP contribution in [0.3, 0.4) is 0 Å². The molecule has 2 aromatic rings. The Labute approximate surface area is 98.2 Å². The molecule has 0 saturated heterocycles. The molecule has 1 aromatic heterocycles. The molecule has 0 bridgehead atoms. The maximum atomic E-state index is 5.26. The van der Waals surface area contributed by atoms with Crippen molar-refractivity contribution >= 4 is 34.4 Å².